The Balaban J connectivity index is 2.98. The van der Waals surface area contributed by atoms with Gasteiger partial charge >= 0.3 is 0 Å². The van der Waals surface area contributed by atoms with E-state index in [1.165, 1.54) is 0 Å². The van der Waals surface area contributed by atoms with Crippen LogP contribution in [-0.4, -0.2) is 48.2 Å². The van der Waals surface area contributed by atoms with E-state index in [4.69, 9.17) is 4.98 Å². The van der Waals surface area contributed by atoms with Crippen LogP contribution in [0, 0.1) is 0 Å². The molecule has 1 atom stereocenters. The zero-order chi connectivity index (χ0) is 14.6. The smallest absolute Gasteiger partial charge is 0.186 e. The molecule has 1 rings (SSSR count). The van der Waals surface area contributed by atoms with Crippen LogP contribution in [0.3, 0.4) is 0 Å². The van der Waals surface area contributed by atoms with Crippen LogP contribution < -0.4 is 4.90 Å². The molecule has 4 nitrogen and oxygen atoms in total. The number of nitrogens with zero attached hydrogens (tertiary/aromatic N) is 3. The van der Waals surface area contributed by atoms with Crippen molar-refractivity contribution in [3.8, 4) is 0 Å². The van der Waals surface area contributed by atoms with Gasteiger partial charge in [-0.25, -0.2) is 4.98 Å². The molecule has 0 spiro atoms. The first-order valence-electron chi connectivity index (χ1n) is 6.92. The van der Waals surface area contributed by atoms with E-state index in [1.54, 1.807) is 11.3 Å². The Morgan fingerprint density at radius 2 is 1.89 bits per heavy atom. The number of hydrogen-bond donors (Lipinski definition) is 1. The first kappa shape index (κ1) is 16.4. The highest BCUT2D eigenvalue weighted by atomic mass is 32.1. The van der Waals surface area contributed by atoms with Crippen LogP contribution in [0.25, 0.3) is 0 Å². The number of aliphatic hydroxyl groups excluding tert-OH is 1. The van der Waals surface area contributed by atoms with Gasteiger partial charge in [0, 0.05) is 19.1 Å². The van der Waals surface area contributed by atoms with Gasteiger partial charge in [0.1, 0.15) is 0 Å². The Hall–Kier alpha value is -0.650. The number of thiazole rings is 1. The molecule has 0 aliphatic rings. The van der Waals surface area contributed by atoms with Gasteiger partial charge in [0.2, 0.25) is 0 Å². The molecule has 0 radical (unpaired) electrons. The van der Waals surface area contributed by atoms with Crippen molar-refractivity contribution in [2.24, 2.45) is 0 Å². The first-order valence-corrected chi connectivity index (χ1v) is 7.74. The molecule has 1 heterocycles. The van der Waals surface area contributed by atoms with Gasteiger partial charge in [0.15, 0.2) is 5.13 Å². The van der Waals surface area contributed by atoms with E-state index in [9.17, 15) is 5.11 Å². The monoisotopic (exact) mass is 285 g/mol. The third-order valence-corrected chi connectivity index (χ3v) is 4.25. The summed E-state index contributed by atoms with van der Waals surface area (Å²) in [6, 6.07) is 0.415. The lowest BCUT2D eigenvalue weighted by molar-refractivity contribution is 0.283. The summed E-state index contributed by atoms with van der Waals surface area (Å²) in [5, 5.41) is 10.5. The average molecular weight is 285 g/mol. The highest BCUT2D eigenvalue weighted by molar-refractivity contribution is 7.15. The number of anilines is 1. The summed E-state index contributed by atoms with van der Waals surface area (Å²) in [5.74, 6) is 0.356. The Kier molecular flexibility index (Phi) is 6.23. The summed E-state index contributed by atoms with van der Waals surface area (Å²) in [5.41, 5.74) is 1.04. The minimum absolute atomic E-state index is 0.0881. The van der Waals surface area contributed by atoms with E-state index in [0.717, 1.165) is 28.8 Å². The van der Waals surface area contributed by atoms with Gasteiger partial charge < -0.3 is 14.9 Å². The summed E-state index contributed by atoms with van der Waals surface area (Å²) >= 11 is 1.62. The Morgan fingerprint density at radius 3 is 2.26 bits per heavy atom. The molecule has 110 valence electrons. The fraction of sp³-hybridized carbons (Fsp3) is 0.786. The van der Waals surface area contributed by atoms with Gasteiger partial charge in [-0.1, -0.05) is 25.2 Å². The quantitative estimate of drug-likeness (QED) is 0.835. The van der Waals surface area contributed by atoms with Crippen molar-refractivity contribution < 1.29 is 5.11 Å². The molecule has 0 aromatic carbocycles. The summed E-state index contributed by atoms with van der Waals surface area (Å²) in [4.78, 5) is 10.3. The van der Waals surface area contributed by atoms with Gasteiger partial charge in [-0.15, -0.1) is 0 Å². The predicted molar refractivity (Wildman–Crippen MR) is 83.2 cm³/mol. The van der Waals surface area contributed by atoms with Gasteiger partial charge in [0.05, 0.1) is 17.2 Å². The van der Waals surface area contributed by atoms with Crippen molar-refractivity contribution in [1.82, 2.24) is 9.88 Å². The maximum Gasteiger partial charge on any atom is 0.186 e. The maximum atomic E-state index is 9.46. The van der Waals surface area contributed by atoms with Crippen LogP contribution in [0.15, 0.2) is 0 Å². The van der Waals surface area contributed by atoms with E-state index in [1.807, 2.05) is 0 Å². The van der Waals surface area contributed by atoms with Crippen molar-refractivity contribution in [2.45, 2.75) is 46.3 Å². The van der Waals surface area contributed by atoms with E-state index in [0.29, 0.717) is 12.0 Å². The molecule has 0 bridgehead atoms. The second kappa shape index (κ2) is 7.22. The van der Waals surface area contributed by atoms with Gasteiger partial charge in [-0.2, -0.15) is 0 Å². The van der Waals surface area contributed by atoms with E-state index in [-0.39, 0.29) is 6.61 Å². The van der Waals surface area contributed by atoms with Crippen LogP contribution in [0.4, 0.5) is 5.13 Å². The fourth-order valence-corrected chi connectivity index (χ4v) is 3.54. The van der Waals surface area contributed by atoms with Crippen LogP contribution in [0.5, 0.6) is 0 Å². The third-order valence-electron chi connectivity index (χ3n) is 3.15. The predicted octanol–water partition coefficient (Wildman–Crippen LogP) is 2.54. The van der Waals surface area contributed by atoms with Crippen molar-refractivity contribution in [1.29, 1.82) is 0 Å². The highest BCUT2D eigenvalue weighted by Crippen LogP contribution is 2.31. The molecule has 0 saturated carbocycles. The van der Waals surface area contributed by atoms with Crippen LogP contribution in [0.1, 0.15) is 44.2 Å². The molecule has 5 heteroatoms. The molecule has 0 aliphatic carbocycles. The minimum Gasteiger partial charge on any atom is -0.391 e. The molecular formula is C14H27N3OS. The Labute approximate surface area is 121 Å². The number of aliphatic hydroxyl groups is 1. The molecule has 0 fully saturated rings. The fourth-order valence-electron chi connectivity index (χ4n) is 2.30. The summed E-state index contributed by atoms with van der Waals surface area (Å²) in [6.45, 7) is 10.6. The SMILES string of the molecule is CCN(c1nc(C(C)C)c(CO)s1)C(C)CN(C)C. The third kappa shape index (κ3) is 4.16. The molecular weight excluding hydrogens is 258 g/mol. The molecule has 19 heavy (non-hydrogen) atoms. The lowest BCUT2D eigenvalue weighted by Crippen LogP contribution is -2.40. The maximum absolute atomic E-state index is 9.46. The largest absolute Gasteiger partial charge is 0.391 e. The van der Waals surface area contributed by atoms with Gasteiger partial charge in [0.25, 0.3) is 0 Å². The van der Waals surface area contributed by atoms with Gasteiger partial charge in [-0.3, -0.25) is 0 Å². The number of rotatable bonds is 7. The number of aromatic nitrogens is 1. The van der Waals surface area contributed by atoms with Crippen LogP contribution in [0.2, 0.25) is 0 Å². The zero-order valence-electron chi connectivity index (χ0n) is 13.0. The average Bonchev–Trinajstić information content (AvgIpc) is 2.73. The Bertz CT molecular complexity index is 390. The van der Waals surface area contributed by atoms with E-state index in [2.05, 4.69) is 51.6 Å². The molecule has 1 aromatic heterocycles. The Morgan fingerprint density at radius 1 is 1.26 bits per heavy atom. The molecule has 1 unspecified atom stereocenters. The lowest BCUT2D eigenvalue weighted by Gasteiger charge is -2.29. The topological polar surface area (TPSA) is 39.6 Å². The van der Waals surface area contributed by atoms with Crippen molar-refractivity contribution in [3.63, 3.8) is 0 Å². The molecule has 1 aromatic rings. The lowest BCUT2D eigenvalue weighted by atomic mass is 10.1. The standard InChI is InChI=1S/C14H27N3OS/c1-7-17(11(4)8-16(5)6)14-15-13(10(2)3)12(9-18)19-14/h10-11,18H,7-9H2,1-6H3. The van der Waals surface area contributed by atoms with Crippen molar-refractivity contribution in [3.05, 3.63) is 10.6 Å². The van der Waals surface area contributed by atoms with Crippen molar-refractivity contribution in [2.75, 3.05) is 32.1 Å². The molecule has 1 N–H and O–H groups in total. The zero-order valence-corrected chi connectivity index (χ0v) is 13.8. The minimum atomic E-state index is 0.0881. The van der Waals surface area contributed by atoms with Crippen LogP contribution in [-0.2, 0) is 6.61 Å². The molecule has 0 aliphatic heterocycles. The van der Waals surface area contributed by atoms with Gasteiger partial charge in [-0.05, 0) is 33.9 Å². The summed E-state index contributed by atoms with van der Waals surface area (Å²) < 4.78 is 0. The van der Waals surface area contributed by atoms with Crippen molar-refractivity contribution >= 4 is 16.5 Å². The second-order valence-electron chi connectivity index (χ2n) is 5.51. The number of likely N-dealkylation sites (N-methyl/N-ethyl adjacent to an activating group) is 2. The van der Waals surface area contributed by atoms with E-state index < -0.39 is 0 Å². The normalized spacial score (nSPS) is 13.3. The molecule has 0 amide bonds. The molecule has 0 saturated heterocycles. The van der Waals surface area contributed by atoms with E-state index >= 15 is 0 Å². The summed E-state index contributed by atoms with van der Waals surface area (Å²) in [7, 11) is 4.18. The number of hydrogen-bond acceptors (Lipinski definition) is 5. The van der Waals surface area contributed by atoms with Crippen LogP contribution >= 0.6 is 11.3 Å². The summed E-state index contributed by atoms with van der Waals surface area (Å²) in [6.07, 6.45) is 0. The highest BCUT2D eigenvalue weighted by Gasteiger charge is 2.20. The first-order chi connectivity index (χ1) is 8.90. The second-order valence-corrected chi connectivity index (χ2v) is 6.58.